The second-order valence-electron chi connectivity index (χ2n) is 4.16. The minimum atomic E-state index is -4.39. The normalized spacial score (nSPS) is 18.3. The van der Waals surface area contributed by atoms with E-state index < -0.39 is 11.7 Å². The van der Waals surface area contributed by atoms with Crippen molar-refractivity contribution < 1.29 is 18.3 Å². The van der Waals surface area contributed by atoms with Crippen molar-refractivity contribution in [1.29, 1.82) is 0 Å². The van der Waals surface area contributed by atoms with Gasteiger partial charge in [-0.3, -0.25) is 0 Å². The first-order valence-electron chi connectivity index (χ1n) is 5.46. The number of thioether (sulfide) groups is 1. The molecule has 17 heavy (non-hydrogen) atoms. The molecule has 5 heteroatoms. The van der Waals surface area contributed by atoms with Gasteiger partial charge in [-0.1, -0.05) is 6.07 Å². The average molecular weight is 262 g/mol. The van der Waals surface area contributed by atoms with Crippen molar-refractivity contribution in [3.05, 3.63) is 29.3 Å². The largest absolute Gasteiger partial charge is 0.508 e. The van der Waals surface area contributed by atoms with Gasteiger partial charge in [0.05, 0.1) is 5.56 Å². The molecule has 1 nitrogen and oxygen atoms in total. The Labute approximate surface area is 102 Å². The second-order valence-corrected chi connectivity index (χ2v) is 5.38. The fourth-order valence-electron chi connectivity index (χ4n) is 2.15. The average Bonchev–Trinajstić information content (AvgIpc) is 2.29. The highest BCUT2D eigenvalue weighted by Gasteiger charge is 2.35. The molecule has 1 saturated heterocycles. The van der Waals surface area contributed by atoms with Crippen LogP contribution >= 0.6 is 11.8 Å². The summed E-state index contributed by atoms with van der Waals surface area (Å²) in [5.41, 5.74) is -0.356. The molecule has 94 valence electrons. The van der Waals surface area contributed by atoms with Gasteiger partial charge >= 0.3 is 6.18 Å². The van der Waals surface area contributed by atoms with E-state index in [0.717, 1.165) is 30.4 Å². The molecule has 1 aromatic carbocycles. The van der Waals surface area contributed by atoms with E-state index in [1.165, 1.54) is 12.1 Å². The quantitative estimate of drug-likeness (QED) is 0.824. The van der Waals surface area contributed by atoms with Crippen molar-refractivity contribution in [1.82, 2.24) is 0 Å². The third-order valence-corrected chi connectivity index (χ3v) is 4.05. The summed E-state index contributed by atoms with van der Waals surface area (Å²) in [5.74, 6) is 1.45. The van der Waals surface area contributed by atoms with E-state index in [1.54, 1.807) is 11.8 Å². The van der Waals surface area contributed by atoms with Gasteiger partial charge in [-0.2, -0.15) is 24.9 Å². The monoisotopic (exact) mass is 262 g/mol. The maximum Gasteiger partial charge on any atom is 0.416 e. The Hall–Kier alpha value is -0.840. The van der Waals surface area contributed by atoms with Crippen molar-refractivity contribution in [3.8, 4) is 5.75 Å². The number of benzene rings is 1. The Kier molecular flexibility index (Phi) is 3.56. The number of hydrogen-bond acceptors (Lipinski definition) is 2. The van der Waals surface area contributed by atoms with Gasteiger partial charge in [-0.05, 0) is 48.0 Å². The van der Waals surface area contributed by atoms with Crippen LogP contribution < -0.4 is 0 Å². The van der Waals surface area contributed by atoms with E-state index in [0.29, 0.717) is 5.56 Å². The van der Waals surface area contributed by atoms with Gasteiger partial charge in [0.15, 0.2) is 0 Å². The fraction of sp³-hybridized carbons (Fsp3) is 0.500. The van der Waals surface area contributed by atoms with Crippen LogP contribution in [0.5, 0.6) is 5.75 Å². The lowest BCUT2D eigenvalue weighted by atomic mass is 9.89. The van der Waals surface area contributed by atoms with Gasteiger partial charge in [0.1, 0.15) is 5.75 Å². The number of hydrogen-bond donors (Lipinski definition) is 1. The number of aromatic hydroxyl groups is 1. The number of alkyl halides is 3. The standard InChI is InChI=1S/C12H13F3OS/c13-12(14,15)11-7-9(16)1-2-10(11)8-3-5-17-6-4-8/h1-2,7-8,16H,3-6H2. The maximum absolute atomic E-state index is 12.9. The van der Waals surface area contributed by atoms with Gasteiger partial charge in [0.2, 0.25) is 0 Å². The fourth-order valence-corrected chi connectivity index (χ4v) is 3.26. The lowest BCUT2D eigenvalue weighted by Gasteiger charge is -2.25. The van der Waals surface area contributed by atoms with Crippen LogP contribution in [0, 0.1) is 0 Å². The molecule has 1 heterocycles. The zero-order valence-corrected chi connectivity index (χ0v) is 9.94. The number of halogens is 3. The summed E-state index contributed by atoms with van der Waals surface area (Å²) in [6.07, 6.45) is -2.84. The van der Waals surface area contributed by atoms with Crippen molar-refractivity contribution in [2.75, 3.05) is 11.5 Å². The molecule has 1 aliphatic rings. The molecule has 1 aliphatic heterocycles. The lowest BCUT2D eigenvalue weighted by Crippen LogP contribution is -2.15. The van der Waals surface area contributed by atoms with E-state index in [2.05, 4.69) is 0 Å². The van der Waals surface area contributed by atoms with Gasteiger partial charge in [0, 0.05) is 0 Å². The molecule has 0 atom stereocenters. The summed E-state index contributed by atoms with van der Waals surface area (Å²) < 4.78 is 38.6. The summed E-state index contributed by atoms with van der Waals surface area (Å²) >= 11 is 1.78. The van der Waals surface area contributed by atoms with Crippen molar-refractivity contribution in [2.45, 2.75) is 24.9 Å². The van der Waals surface area contributed by atoms with Crippen LogP contribution in [0.25, 0.3) is 0 Å². The molecule has 0 aliphatic carbocycles. The molecule has 0 radical (unpaired) electrons. The SMILES string of the molecule is Oc1ccc(C2CCSCC2)c(C(F)(F)F)c1. The van der Waals surface area contributed by atoms with Crippen molar-refractivity contribution >= 4 is 11.8 Å². The van der Waals surface area contributed by atoms with E-state index in [9.17, 15) is 18.3 Å². The Balaban J connectivity index is 2.38. The van der Waals surface area contributed by atoms with Crippen LogP contribution in [-0.4, -0.2) is 16.6 Å². The number of phenolic OH excluding ortho intramolecular Hbond substituents is 1. The predicted octanol–water partition coefficient (Wildman–Crippen LogP) is 4.02. The molecule has 0 amide bonds. The highest BCUT2D eigenvalue weighted by molar-refractivity contribution is 7.99. The Bertz CT molecular complexity index is 397. The molecular formula is C12H13F3OS. The summed E-state index contributed by atoms with van der Waals surface area (Å²) in [4.78, 5) is 0. The first-order valence-corrected chi connectivity index (χ1v) is 6.62. The second kappa shape index (κ2) is 4.80. The molecule has 0 bridgehead atoms. The molecular weight excluding hydrogens is 249 g/mol. The van der Waals surface area contributed by atoms with Crippen LogP contribution in [0.2, 0.25) is 0 Å². The summed E-state index contributed by atoms with van der Waals surface area (Å²) in [7, 11) is 0. The van der Waals surface area contributed by atoms with E-state index >= 15 is 0 Å². The third-order valence-electron chi connectivity index (χ3n) is 3.00. The lowest BCUT2D eigenvalue weighted by molar-refractivity contribution is -0.138. The Morgan fingerprint density at radius 2 is 1.82 bits per heavy atom. The van der Waals surface area contributed by atoms with E-state index in [4.69, 9.17) is 0 Å². The topological polar surface area (TPSA) is 20.2 Å². The Morgan fingerprint density at radius 3 is 2.41 bits per heavy atom. The molecule has 0 spiro atoms. The van der Waals surface area contributed by atoms with Gasteiger partial charge in [-0.25, -0.2) is 0 Å². The zero-order valence-electron chi connectivity index (χ0n) is 9.13. The van der Waals surface area contributed by atoms with Crippen LogP contribution in [0.1, 0.15) is 29.9 Å². The number of phenols is 1. The van der Waals surface area contributed by atoms with Crippen molar-refractivity contribution in [3.63, 3.8) is 0 Å². The van der Waals surface area contributed by atoms with Crippen molar-refractivity contribution in [2.24, 2.45) is 0 Å². The highest BCUT2D eigenvalue weighted by Crippen LogP contribution is 2.41. The molecule has 0 saturated carbocycles. The zero-order chi connectivity index (χ0) is 12.5. The van der Waals surface area contributed by atoms with Gasteiger partial charge in [-0.15, -0.1) is 0 Å². The first-order chi connectivity index (χ1) is 7.98. The Morgan fingerprint density at radius 1 is 1.18 bits per heavy atom. The molecule has 1 fully saturated rings. The van der Waals surface area contributed by atoms with Crippen LogP contribution in [0.4, 0.5) is 13.2 Å². The molecule has 1 aromatic rings. The van der Waals surface area contributed by atoms with Crippen LogP contribution in [-0.2, 0) is 6.18 Å². The minimum Gasteiger partial charge on any atom is -0.508 e. The van der Waals surface area contributed by atoms with Crippen LogP contribution in [0.3, 0.4) is 0 Å². The first kappa shape index (κ1) is 12.6. The van der Waals surface area contributed by atoms with Gasteiger partial charge in [0.25, 0.3) is 0 Å². The summed E-state index contributed by atoms with van der Waals surface area (Å²) in [6, 6.07) is 3.59. The highest BCUT2D eigenvalue weighted by atomic mass is 32.2. The van der Waals surface area contributed by atoms with E-state index in [1.807, 2.05) is 0 Å². The smallest absolute Gasteiger partial charge is 0.416 e. The minimum absolute atomic E-state index is 0.0338. The molecule has 0 unspecified atom stereocenters. The van der Waals surface area contributed by atoms with E-state index in [-0.39, 0.29) is 11.7 Å². The molecule has 0 aromatic heterocycles. The molecule has 2 rings (SSSR count). The van der Waals surface area contributed by atoms with Crippen LogP contribution in [0.15, 0.2) is 18.2 Å². The summed E-state index contributed by atoms with van der Waals surface area (Å²) in [6.45, 7) is 0. The number of rotatable bonds is 1. The van der Waals surface area contributed by atoms with Gasteiger partial charge < -0.3 is 5.11 Å². The third kappa shape index (κ3) is 2.89. The maximum atomic E-state index is 12.9. The molecule has 1 N–H and O–H groups in total. The summed E-state index contributed by atoms with van der Waals surface area (Å²) in [5, 5.41) is 9.20. The predicted molar refractivity (Wildman–Crippen MR) is 62.4 cm³/mol.